The number of piperidine rings is 1. The van der Waals surface area contributed by atoms with Gasteiger partial charge in [-0.15, -0.1) is 0 Å². The second-order valence-corrected chi connectivity index (χ2v) is 7.47. The first-order valence-corrected chi connectivity index (χ1v) is 10.4. The number of fused-ring (bicyclic) bond motifs is 1. The molecule has 0 unspecified atom stereocenters. The third-order valence-electron chi connectivity index (χ3n) is 5.44. The van der Waals surface area contributed by atoms with Crippen molar-refractivity contribution in [3.63, 3.8) is 0 Å². The van der Waals surface area contributed by atoms with E-state index in [0.29, 0.717) is 6.04 Å². The monoisotopic (exact) mass is 378 g/mol. The molecule has 1 fully saturated rings. The number of nitrogens with one attached hydrogen (secondary N) is 2. The maximum absolute atomic E-state index is 4.82. The molecule has 148 valence electrons. The lowest BCUT2D eigenvalue weighted by atomic mass is 10.0. The van der Waals surface area contributed by atoms with Gasteiger partial charge in [0.1, 0.15) is 5.52 Å². The summed E-state index contributed by atoms with van der Waals surface area (Å²) in [4.78, 5) is 11.9. The van der Waals surface area contributed by atoms with Gasteiger partial charge in [-0.1, -0.05) is 37.3 Å². The first-order valence-electron chi connectivity index (χ1n) is 10.4. The molecule has 0 aliphatic carbocycles. The molecule has 4 rings (SSSR count). The Balaban J connectivity index is 1.39. The smallest absolute Gasteiger partial charge is 0.205 e. The Hall–Kier alpha value is -2.44. The van der Waals surface area contributed by atoms with Gasteiger partial charge in [0.2, 0.25) is 5.95 Å². The maximum Gasteiger partial charge on any atom is 0.205 e. The molecule has 0 bridgehead atoms. The predicted molar refractivity (Wildman–Crippen MR) is 114 cm³/mol. The Morgan fingerprint density at radius 1 is 1.07 bits per heavy atom. The Morgan fingerprint density at radius 3 is 2.68 bits per heavy atom. The molecule has 0 spiro atoms. The summed E-state index contributed by atoms with van der Waals surface area (Å²) in [7, 11) is 0. The van der Waals surface area contributed by atoms with E-state index in [2.05, 4.69) is 62.3 Å². The fourth-order valence-corrected chi connectivity index (χ4v) is 3.91. The van der Waals surface area contributed by atoms with Crippen molar-refractivity contribution in [1.29, 1.82) is 0 Å². The highest BCUT2D eigenvalue weighted by Crippen LogP contribution is 2.21. The summed E-state index contributed by atoms with van der Waals surface area (Å²) in [6, 6.07) is 15.2. The summed E-state index contributed by atoms with van der Waals surface area (Å²) in [5.74, 6) is 0.952. The number of hydrogen-bond donors (Lipinski definition) is 2. The van der Waals surface area contributed by atoms with Gasteiger partial charge in [0.25, 0.3) is 0 Å². The van der Waals surface area contributed by atoms with Crippen LogP contribution in [0.1, 0.15) is 25.3 Å². The Bertz CT molecular complexity index is 867. The molecule has 0 atom stereocenters. The van der Waals surface area contributed by atoms with E-state index in [-0.39, 0.29) is 0 Å². The molecule has 6 heteroatoms. The largest absolute Gasteiger partial charge is 0.353 e. The summed E-state index contributed by atoms with van der Waals surface area (Å²) < 4.78 is 2.22. The third-order valence-corrected chi connectivity index (χ3v) is 5.44. The number of pyridine rings is 1. The van der Waals surface area contributed by atoms with Gasteiger partial charge < -0.3 is 10.6 Å². The first kappa shape index (κ1) is 18.9. The standard InChI is InChI=1S/C22H30N6/c1-2-23-13-16-28-21-20(9-6-12-24-21)26-22(28)25-19-10-14-27(15-11-19)17-18-7-4-3-5-8-18/h3-9,12,19,23H,2,10-11,13-17H2,1H3,(H,25,26). The zero-order valence-corrected chi connectivity index (χ0v) is 16.6. The topological polar surface area (TPSA) is 58.0 Å². The normalized spacial score (nSPS) is 15.9. The van der Waals surface area contributed by atoms with Gasteiger partial charge in [-0.05, 0) is 37.1 Å². The molecule has 3 aromatic rings. The van der Waals surface area contributed by atoms with Crippen molar-refractivity contribution in [2.24, 2.45) is 0 Å². The highest BCUT2D eigenvalue weighted by molar-refractivity contribution is 5.74. The SMILES string of the molecule is CCNCCn1c(NC2CCN(Cc3ccccc3)CC2)nc2cccnc21. The number of benzene rings is 1. The Kier molecular flexibility index (Phi) is 6.19. The summed E-state index contributed by atoms with van der Waals surface area (Å²) in [6.45, 7) is 8.16. The average molecular weight is 379 g/mol. The molecule has 6 nitrogen and oxygen atoms in total. The minimum absolute atomic E-state index is 0.460. The lowest BCUT2D eigenvalue weighted by Crippen LogP contribution is -2.39. The molecule has 0 radical (unpaired) electrons. The number of nitrogens with zero attached hydrogens (tertiary/aromatic N) is 4. The molecule has 3 heterocycles. The van der Waals surface area contributed by atoms with Crippen LogP contribution in [0, 0.1) is 0 Å². The highest BCUT2D eigenvalue weighted by Gasteiger charge is 2.21. The van der Waals surface area contributed by atoms with Crippen LogP contribution >= 0.6 is 0 Å². The maximum atomic E-state index is 4.82. The number of hydrogen-bond acceptors (Lipinski definition) is 5. The molecule has 0 saturated carbocycles. The number of aromatic nitrogens is 3. The van der Waals surface area contributed by atoms with Gasteiger partial charge in [0, 0.05) is 45.0 Å². The quantitative estimate of drug-likeness (QED) is 0.590. The molecule has 0 amide bonds. The van der Waals surface area contributed by atoms with Crippen LogP contribution in [0.4, 0.5) is 5.95 Å². The lowest BCUT2D eigenvalue weighted by molar-refractivity contribution is 0.211. The van der Waals surface area contributed by atoms with Crippen molar-refractivity contribution in [3.8, 4) is 0 Å². The molecular formula is C22H30N6. The second kappa shape index (κ2) is 9.17. The van der Waals surface area contributed by atoms with Crippen LogP contribution in [-0.2, 0) is 13.1 Å². The van der Waals surface area contributed by atoms with Gasteiger partial charge >= 0.3 is 0 Å². The molecule has 1 saturated heterocycles. The van der Waals surface area contributed by atoms with Crippen LogP contribution < -0.4 is 10.6 Å². The molecule has 2 N–H and O–H groups in total. The summed E-state index contributed by atoms with van der Waals surface area (Å²) >= 11 is 0. The van der Waals surface area contributed by atoms with Crippen LogP contribution in [0.2, 0.25) is 0 Å². The van der Waals surface area contributed by atoms with Crippen LogP contribution in [0.3, 0.4) is 0 Å². The summed E-state index contributed by atoms with van der Waals surface area (Å²) in [5, 5.41) is 7.11. The van der Waals surface area contributed by atoms with Crippen LogP contribution in [0.15, 0.2) is 48.7 Å². The zero-order chi connectivity index (χ0) is 19.2. The van der Waals surface area contributed by atoms with Gasteiger partial charge in [-0.2, -0.15) is 0 Å². The van der Waals surface area contributed by atoms with Crippen molar-refractivity contribution in [3.05, 3.63) is 54.2 Å². The number of rotatable bonds is 8. The minimum atomic E-state index is 0.460. The van der Waals surface area contributed by atoms with Crippen molar-refractivity contribution < 1.29 is 0 Å². The van der Waals surface area contributed by atoms with E-state index in [1.165, 1.54) is 5.56 Å². The van der Waals surface area contributed by atoms with Crippen LogP contribution in [0.5, 0.6) is 0 Å². The van der Waals surface area contributed by atoms with E-state index in [1.807, 2.05) is 18.3 Å². The molecule has 28 heavy (non-hydrogen) atoms. The van der Waals surface area contributed by atoms with Crippen molar-refractivity contribution in [2.45, 2.75) is 38.9 Å². The second-order valence-electron chi connectivity index (χ2n) is 7.47. The highest BCUT2D eigenvalue weighted by atomic mass is 15.3. The zero-order valence-electron chi connectivity index (χ0n) is 16.6. The minimum Gasteiger partial charge on any atom is -0.353 e. The van der Waals surface area contributed by atoms with Crippen molar-refractivity contribution in [1.82, 2.24) is 24.8 Å². The van der Waals surface area contributed by atoms with Crippen LogP contribution in [-0.4, -0.2) is 51.7 Å². The molecule has 1 aliphatic heterocycles. The molecule has 2 aromatic heterocycles. The molecule has 1 aliphatic rings. The first-order chi connectivity index (χ1) is 13.8. The van der Waals surface area contributed by atoms with Crippen molar-refractivity contribution in [2.75, 3.05) is 31.5 Å². The fourth-order valence-electron chi connectivity index (χ4n) is 3.91. The van der Waals surface area contributed by atoms with E-state index in [0.717, 1.165) is 69.2 Å². The lowest BCUT2D eigenvalue weighted by Gasteiger charge is -2.32. The van der Waals surface area contributed by atoms with Gasteiger partial charge in [-0.3, -0.25) is 9.47 Å². The predicted octanol–water partition coefficient (Wildman–Crippen LogP) is 3.12. The summed E-state index contributed by atoms with van der Waals surface area (Å²) in [6.07, 6.45) is 4.12. The molecular weight excluding hydrogens is 348 g/mol. The van der Waals surface area contributed by atoms with E-state index in [9.17, 15) is 0 Å². The van der Waals surface area contributed by atoms with E-state index in [1.54, 1.807) is 0 Å². The van der Waals surface area contributed by atoms with Crippen LogP contribution in [0.25, 0.3) is 11.2 Å². The van der Waals surface area contributed by atoms with Crippen molar-refractivity contribution >= 4 is 17.1 Å². The summed E-state index contributed by atoms with van der Waals surface area (Å²) in [5.41, 5.74) is 3.32. The Morgan fingerprint density at radius 2 is 1.89 bits per heavy atom. The van der Waals surface area contributed by atoms with E-state index >= 15 is 0 Å². The number of imidazole rings is 1. The third kappa shape index (κ3) is 4.51. The van der Waals surface area contributed by atoms with Gasteiger partial charge in [0.05, 0.1) is 0 Å². The fraction of sp³-hybridized carbons (Fsp3) is 0.455. The average Bonchev–Trinajstić information content (AvgIpc) is 3.08. The van der Waals surface area contributed by atoms with E-state index < -0.39 is 0 Å². The van der Waals surface area contributed by atoms with E-state index in [4.69, 9.17) is 4.98 Å². The Labute approximate surface area is 167 Å². The number of anilines is 1. The van der Waals surface area contributed by atoms with Gasteiger partial charge in [0.15, 0.2) is 5.65 Å². The number of likely N-dealkylation sites (tertiary alicyclic amines) is 1. The van der Waals surface area contributed by atoms with Gasteiger partial charge in [-0.25, -0.2) is 9.97 Å². The molecule has 1 aromatic carbocycles. The number of likely N-dealkylation sites (N-methyl/N-ethyl adjacent to an activating group) is 1.